The van der Waals surface area contributed by atoms with Crippen molar-refractivity contribution in [2.45, 2.75) is 118 Å². The number of carbonyl (C=O) groups is 1. The molecule has 7 rings (SSSR count). The van der Waals surface area contributed by atoms with E-state index in [-0.39, 0.29) is 45.2 Å². The van der Waals surface area contributed by atoms with Crippen LogP contribution < -0.4 is 0 Å². The van der Waals surface area contributed by atoms with E-state index in [0.29, 0.717) is 11.7 Å². The van der Waals surface area contributed by atoms with Crippen LogP contribution in [0.15, 0.2) is 66.4 Å². The minimum Gasteiger partial charge on any atom is -0.512 e. The number of rotatable bonds is 5. The van der Waals surface area contributed by atoms with Crippen molar-refractivity contribution in [2.24, 2.45) is 29.6 Å². The number of hydrogen-bond acceptors (Lipinski definition) is 4. The molecule has 3 aromatic carbocycles. The van der Waals surface area contributed by atoms with Gasteiger partial charge in [0.15, 0.2) is 5.78 Å². The first-order chi connectivity index (χ1) is 22.7. The minimum atomic E-state index is 0. The Morgan fingerprint density at radius 1 is 0.755 bits per heavy atom. The SMILES string of the molecule is C.CC1CCC(C(=O)C=C(O)C2CCC(C)CC2)CC1.Cc1nc2cc(C3CCC(C)CC3)ccc2nc1-c1[c-]ccc2ccccc12.[Ir]. The number of fused-ring (bicyclic) bond motifs is 2. The molecule has 49 heavy (non-hydrogen) atoms. The Morgan fingerprint density at radius 3 is 2.00 bits per heavy atom. The van der Waals surface area contributed by atoms with E-state index in [1.807, 2.05) is 6.07 Å². The van der Waals surface area contributed by atoms with Gasteiger partial charge in [-0.15, -0.1) is 29.1 Å². The third-order valence-electron chi connectivity index (χ3n) is 11.4. The van der Waals surface area contributed by atoms with E-state index in [1.54, 1.807) is 6.08 Å². The van der Waals surface area contributed by atoms with Crippen molar-refractivity contribution in [1.82, 2.24) is 9.97 Å². The fourth-order valence-corrected chi connectivity index (χ4v) is 8.08. The molecule has 0 amide bonds. The van der Waals surface area contributed by atoms with Gasteiger partial charge >= 0.3 is 0 Å². The van der Waals surface area contributed by atoms with Gasteiger partial charge in [0, 0.05) is 49.4 Å². The molecule has 0 spiro atoms. The van der Waals surface area contributed by atoms with Crippen LogP contribution in [0.5, 0.6) is 0 Å². The number of aromatic nitrogens is 2. The van der Waals surface area contributed by atoms with Gasteiger partial charge in [-0.05, 0) is 86.8 Å². The summed E-state index contributed by atoms with van der Waals surface area (Å²) in [6.45, 7) is 8.96. The number of nitrogens with zero attached hydrogens (tertiary/aromatic N) is 2. The summed E-state index contributed by atoms with van der Waals surface area (Å²) < 4.78 is 0. The van der Waals surface area contributed by atoms with Gasteiger partial charge in [0.1, 0.15) is 0 Å². The zero-order valence-corrected chi connectivity index (χ0v) is 31.7. The Kier molecular flexibility index (Phi) is 14.2. The molecule has 3 aliphatic rings. The molecule has 0 unspecified atom stereocenters. The van der Waals surface area contributed by atoms with E-state index >= 15 is 0 Å². The summed E-state index contributed by atoms with van der Waals surface area (Å²) >= 11 is 0. The Balaban J connectivity index is 0.000000228. The quantitative estimate of drug-likeness (QED) is 0.124. The number of carbonyl (C=O) groups excluding carboxylic acids is 1. The van der Waals surface area contributed by atoms with Crippen LogP contribution in [-0.2, 0) is 24.9 Å². The molecule has 3 fully saturated rings. The minimum absolute atomic E-state index is 0. The maximum absolute atomic E-state index is 12.2. The molecule has 4 nitrogen and oxygen atoms in total. The van der Waals surface area contributed by atoms with Gasteiger partial charge in [-0.3, -0.25) is 14.8 Å². The fraction of sp³-hybridized carbons (Fsp3) is 0.523. The van der Waals surface area contributed by atoms with E-state index in [4.69, 9.17) is 9.97 Å². The van der Waals surface area contributed by atoms with Gasteiger partial charge in [0.25, 0.3) is 0 Å². The normalized spacial score (nSPS) is 25.8. The second kappa shape index (κ2) is 17.9. The van der Waals surface area contributed by atoms with Crippen LogP contribution >= 0.6 is 0 Å². The number of aliphatic hydroxyl groups excluding tert-OH is 1. The molecule has 1 aromatic heterocycles. The number of aliphatic hydroxyl groups is 1. The smallest absolute Gasteiger partial charge is 0.162 e. The van der Waals surface area contributed by atoms with Crippen molar-refractivity contribution < 1.29 is 30.0 Å². The number of benzene rings is 3. The molecule has 5 heteroatoms. The molecule has 0 atom stereocenters. The first-order valence-electron chi connectivity index (χ1n) is 18.4. The molecule has 1 heterocycles. The first-order valence-corrected chi connectivity index (χ1v) is 18.4. The molecule has 0 saturated heterocycles. The summed E-state index contributed by atoms with van der Waals surface area (Å²) in [6.07, 6.45) is 15.6. The van der Waals surface area contributed by atoms with Crippen LogP contribution in [0.25, 0.3) is 33.1 Å². The number of ketones is 1. The Labute approximate surface area is 309 Å². The second-order valence-electron chi connectivity index (χ2n) is 15.2. The van der Waals surface area contributed by atoms with Crippen molar-refractivity contribution in [2.75, 3.05) is 0 Å². The van der Waals surface area contributed by atoms with E-state index in [1.165, 1.54) is 54.9 Å². The third kappa shape index (κ3) is 9.67. The van der Waals surface area contributed by atoms with Gasteiger partial charge in [0.05, 0.1) is 16.8 Å². The molecule has 3 saturated carbocycles. The molecule has 1 radical (unpaired) electrons. The number of hydrogen-bond donors (Lipinski definition) is 1. The molecular weight excluding hydrogens is 781 g/mol. The largest absolute Gasteiger partial charge is 0.512 e. The number of allylic oxidation sites excluding steroid dienone is 2. The Morgan fingerprint density at radius 2 is 1.35 bits per heavy atom. The molecule has 265 valence electrons. The van der Waals surface area contributed by atoms with E-state index in [2.05, 4.69) is 82.3 Å². The first kappa shape index (κ1) is 38.9. The maximum Gasteiger partial charge on any atom is 0.162 e. The van der Waals surface area contributed by atoms with E-state index in [9.17, 15) is 9.90 Å². The van der Waals surface area contributed by atoms with Crippen molar-refractivity contribution in [3.8, 4) is 11.3 Å². The van der Waals surface area contributed by atoms with Crippen molar-refractivity contribution in [3.63, 3.8) is 0 Å². The summed E-state index contributed by atoms with van der Waals surface area (Å²) in [5, 5.41) is 12.5. The van der Waals surface area contributed by atoms with Crippen molar-refractivity contribution in [3.05, 3.63) is 83.8 Å². The van der Waals surface area contributed by atoms with E-state index < -0.39 is 0 Å². The maximum atomic E-state index is 12.2. The van der Waals surface area contributed by atoms with Gasteiger partial charge in [-0.25, -0.2) is 0 Å². The third-order valence-corrected chi connectivity index (χ3v) is 11.4. The second-order valence-corrected chi connectivity index (χ2v) is 15.2. The topological polar surface area (TPSA) is 63.1 Å². The Bertz CT molecular complexity index is 1700. The van der Waals surface area contributed by atoms with Crippen LogP contribution in [0.3, 0.4) is 0 Å². The van der Waals surface area contributed by atoms with Crippen LogP contribution in [0.1, 0.15) is 122 Å². The molecule has 0 aliphatic heterocycles. The standard InChI is InChI=1S/C26H25N2.C17H28O2.CH4.Ir/c1-17-10-12-19(13-11-17)21-14-15-24-25(16-21)27-18(2)26(28-24)23-9-5-7-20-6-3-4-8-22(20)23;1-12-3-7-14(8-4-12)16(18)11-17(19)15-9-5-13(2)6-10-15;;/h3-8,14-17,19H,10-13H2,1-2H3;11-15,18H,3-10H2,1-2H3;1H4;/q-1;;;. The van der Waals surface area contributed by atoms with E-state index in [0.717, 1.165) is 84.3 Å². The van der Waals surface area contributed by atoms with Crippen molar-refractivity contribution >= 4 is 27.6 Å². The summed E-state index contributed by atoms with van der Waals surface area (Å²) in [5.74, 6) is 4.02. The Hall–Kier alpha value is -2.88. The monoisotopic (exact) mass is 838 g/mol. The van der Waals surface area contributed by atoms with Crippen LogP contribution in [0, 0.1) is 42.6 Å². The zero-order chi connectivity index (χ0) is 32.9. The average molecular weight is 838 g/mol. The summed E-state index contributed by atoms with van der Waals surface area (Å²) in [4.78, 5) is 22.1. The zero-order valence-electron chi connectivity index (χ0n) is 29.3. The van der Waals surface area contributed by atoms with Crippen LogP contribution in [-0.4, -0.2) is 20.9 Å². The molecule has 0 bridgehead atoms. The van der Waals surface area contributed by atoms with Gasteiger partial charge in [-0.1, -0.05) is 102 Å². The molecule has 1 N–H and O–H groups in total. The molecule has 4 aromatic rings. The van der Waals surface area contributed by atoms with Crippen LogP contribution in [0.4, 0.5) is 0 Å². The van der Waals surface area contributed by atoms with Gasteiger partial charge in [-0.2, -0.15) is 0 Å². The van der Waals surface area contributed by atoms with Gasteiger partial charge < -0.3 is 5.11 Å². The summed E-state index contributed by atoms with van der Waals surface area (Å²) in [7, 11) is 0. The fourth-order valence-electron chi connectivity index (χ4n) is 8.08. The predicted octanol–water partition coefficient (Wildman–Crippen LogP) is 12.1. The predicted molar refractivity (Wildman–Crippen MR) is 201 cm³/mol. The average Bonchev–Trinajstić information content (AvgIpc) is 3.08. The van der Waals surface area contributed by atoms with Crippen LogP contribution in [0.2, 0.25) is 0 Å². The van der Waals surface area contributed by atoms with Crippen molar-refractivity contribution in [1.29, 1.82) is 0 Å². The molecule has 3 aliphatic carbocycles. The summed E-state index contributed by atoms with van der Waals surface area (Å²) in [5.41, 5.74) is 6.35. The molecular formula is C44H57IrN2O2-. The summed E-state index contributed by atoms with van der Waals surface area (Å²) in [6, 6.07) is 22.6. The van der Waals surface area contributed by atoms with Gasteiger partial charge in [0.2, 0.25) is 0 Å². The number of aryl methyl sites for hydroxylation is 1.